The lowest BCUT2D eigenvalue weighted by atomic mass is 10.1. The van der Waals surface area contributed by atoms with Crippen LogP contribution in [0.1, 0.15) is 29.6 Å². The third-order valence-corrected chi connectivity index (χ3v) is 3.61. The number of benzene rings is 1. The van der Waals surface area contributed by atoms with Crippen LogP contribution in [-0.4, -0.2) is 43.2 Å². The van der Waals surface area contributed by atoms with Gasteiger partial charge in [-0.3, -0.25) is 4.79 Å². The fourth-order valence-electron chi connectivity index (χ4n) is 2.40. The summed E-state index contributed by atoms with van der Waals surface area (Å²) in [6.07, 6.45) is 2.33. The highest BCUT2D eigenvalue weighted by molar-refractivity contribution is 5.94. The van der Waals surface area contributed by atoms with Crippen LogP contribution in [0.15, 0.2) is 18.2 Å². The van der Waals surface area contributed by atoms with Gasteiger partial charge in [0.1, 0.15) is 0 Å². The average molecular weight is 335 g/mol. The zero-order valence-corrected chi connectivity index (χ0v) is 13.1. The third-order valence-electron chi connectivity index (χ3n) is 3.61. The van der Waals surface area contributed by atoms with Crippen molar-refractivity contribution in [3.63, 3.8) is 0 Å². The van der Waals surface area contributed by atoms with E-state index in [1.807, 2.05) is 0 Å². The van der Waals surface area contributed by atoms with Crippen molar-refractivity contribution in [2.45, 2.75) is 25.4 Å². The van der Waals surface area contributed by atoms with E-state index in [1.54, 1.807) is 4.90 Å². The zero-order valence-electron chi connectivity index (χ0n) is 12.3. The molecule has 0 atom stereocenters. The summed E-state index contributed by atoms with van der Waals surface area (Å²) >= 11 is 0. The second-order valence-corrected chi connectivity index (χ2v) is 5.11. The molecule has 22 heavy (non-hydrogen) atoms. The van der Waals surface area contributed by atoms with E-state index in [0.717, 1.165) is 12.5 Å². The first-order valence-corrected chi connectivity index (χ1v) is 7.18. The summed E-state index contributed by atoms with van der Waals surface area (Å²) in [7, 11) is 0. The van der Waals surface area contributed by atoms with Crippen molar-refractivity contribution in [3.05, 3.63) is 35.4 Å². The SMILES string of the molecule is Cl.NCCCOC1CCN(C(=O)c2cccc(F)c2F)CC1. The van der Waals surface area contributed by atoms with E-state index in [-0.39, 0.29) is 24.1 Å². The van der Waals surface area contributed by atoms with Crippen LogP contribution in [0.5, 0.6) is 0 Å². The number of hydrogen-bond donors (Lipinski definition) is 1. The van der Waals surface area contributed by atoms with Crippen LogP contribution in [0.3, 0.4) is 0 Å². The molecule has 0 aromatic heterocycles. The Hall–Kier alpha value is -1.24. The van der Waals surface area contributed by atoms with E-state index in [1.165, 1.54) is 12.1 Å². The van der Waals surface area contributed by atoms with Crippen LogP contribution in [0.25, 0.3) is 0 Å². The average Bonchev–Trinajstić information content (AvgIpc) is 2.50. The summed E-state index contributed by atoms with van der Waals surface area (Å²) in [5, 5.41) is 0. The first-order valence-electron chi connectivity index (χ1n) is 7.18. The molecule has 1 aliphatic rings. The maximum Gasteiger partial charge on any atom is 0.256 e. The molecule has 2 rings (SSSR count). The molecule has 0 aliphatic carbocycles. The number of nitrogens with two attached hydrogens (primary N) is 1. The minimum atomic E-state index is -1.08. The second-order valence-electron chi connectivity index (χ2n) is 5.11. The van der Waals surface area contributed by atoms with E-state index in [9.17, 15) is 13.6 Å². The third kappa shape index (κ3) is 4.63. The molecule has 2 N–H and O–H groups in total. The molecular weight excluding hydrogens is 314 g/mol. The normalized spacial score (nSPS) is 15.5. The van der Waals surface area contributed by atoms with Crippen molar-refractivity contribution in [2.75, 3.05) is 26.2 Å². The molecule has 0 radical (unpaired) electrons. The first-order chi connectivity index (χ1) is 10.1. The molecular formula is C15H21ClF2N2O2. The molecule has 1 aromatic carbocycles. The number of amides is 1. The molecule has 1 heterocycles. The van der Waals surface area contributed by atoms with Crippen LogP contribution >= 0.6 is 12.4 Å². The van der Waals surface area contributed by atoms with Crippen LogP contribution in [0, 0.1) is 11.6 Å². The summed E-state index contributed by atoms with van der Waals surface area (Å²) in [5.74, 6) is -2.54. The van der Waals surface area contributed by atoms with E-state index < -0.39 is 17.5 Å². The number of piperidine rings is 1. The van der Waals surface area contributed by atoms with Gasteiger partial charge in [-0.25, -0.2) is 8.78 Å². The molecule has 124 valence electrons. The van der Waals surface area contributed by atoms with Gasteiger partial charge < -0.3 is 15.4 Å². The van der Waals surface area contributed by atoms with E-state index in [0.29, 0.717) is 39.1 Å². The lowest BCUT2D eigenvalue weighted by Crippen LogP contribution is -2.41. The van der Waals surface area contributed by atoms with Crippen molar-refractivity contribution in [2.24, 2.45) is 5.73 Å². The highest BCUT2D eigenvalue weighted by atomic mass is 35.5. The Kier molecular flexibility index (Phi) is 7.72. The zero-order chi connectivity index (χ0) is 15.2. The van der Waals surface area contributed by atoms with Crippen LogP contribution < -0.4 is 5.73 Å². The molecule has 1 aliphatic heterocycles. The summed E-state index contributed by atoms with van der Waals surface area (Å²) in [6, 6.07) is 3.66. The van der Waals surface area contributed by atoms with Gasteiger partial charge in [-0.2, -0.15) is 0 Å². The van der Waals surface area contributed by atoms with E-state index >= 15 is 0 Å². The molecule has 7 heteroatoms. The van der Waals surface area contributed by atoms with Gasteiger partial charge in [-0.1, -0.05) is 6.07 Å². The second kappa shape index (κ2) is 9.02. The van der Waals surface area contributed by atoms with Gasteiger partial charge in [0, 0.05) is 19.7 Å². The van der Waals surface area contributed by atoms with Crippen LogP contribution in [-0.2, 0) is 4.74 Å². The molecule has 1 amide bonds. The minimum absolute atomic E-state index is 0. The van der Waals surface area contributed by atoms with Crippen LogP contribution in [0.2, 0.25) is 0 Å². The summed E-state index contributed by atoms with van der Waals surface area (Å²) in [5.41, 5.74) is 5.19. The number of likely N-dealkylation sites (tertiary alicyclic amines) is 1. The predicted molar refractivity (Wildman–Crippen MR) is 82.2 cm³/mol. The summed E-state index contributed by atoms with van der Waals surface area (Å²) in [4.78, 5) is 13.7. The maximum absolute atomic E-state index is 13.6. The number of hydrogen-bond acceptors (Lipinski definition) is 3. The van der Waals surface area contributed by atoms with Gasteiger partial charge >= 0.3 is 0 Å². The number of carbonyl (C=O) groups is 1. The standard InChI is InChI=1S/C15H20F2N2O2.ClH/c16-13-4-1-3-12(14(13)17)15(20)19-8-5-11(6-9-19)21-10-2-7-18;/h1,3-4,11H,2,5-10,18H2;1H. The quantitative estimate of drug-likeness (QED) is 0.841. The van der Waals surface area contributed by atoms with Gasteiger partial charge in [0.05, 0.1) is 11.7 Å². The van der Waals surface area contributed by atoms with Crippen molar-refractivity contribution in [1.82, 2.24) is 4.90 Å². The van der Waals surface area contributed by atoms with Crippen molar-refractivity contribution < 1.29 is 18.3 Å². The molecule has 0 saturated carbocycles. The van der Waals surface area contributed by atoms with Gasteiger partial charge in [-0.05, 0) is 37.9 Å². The first kappa shape index (κ1) is 18.8. The van der Waals surface area contributed by atoms with Crippen molar-refractivity contribution in [1.29, 1.82) is 0 Å². The Labute approximate surface area is 135 Å². The van der Waals surface area contributed by atoms with E-state index in [4.69, 9.17) is 10.5 Å². The monoisotopic (exact) mass is 334 g/mol. The molecule has 0 unspecified atom stereocenters. The largest absolute Gasteiger partial charge is 0.378 e. The number of rotatable bonds is 5. The highest BCUT2D eigenvalue weighted by Crippen LogP contribution is 2.19. The van der Waals surface area contributed by atoms with Gasteiger partial charge in [0.2, 0.25) is 0 Å². The Morgan fingerprint density at radius 3 is 2.64 bits per heavy atom. The van der Waals surface area contributed by atoms with Gasteiger partial charge in [0.25, 0.3) is 5.91 Å². The number of halogens is 3. The molecule has 1 fully saturated rings. The van der Waals surface area contributed by atoms with Gasteiger partial charge in [0.15, 0.2) is 11.6 Å². The smallest absolute Gasteiger partial charge is 0.256 e. The lowest BCUT2D eigenvalue weighted by molar-refractivity contribution is 0.00831. The van der Waals surface area contributed by atoms with Crippen molar-refractivity contribution >= 4 is 18.3 Å². The number of carbonyl (C=O) groups excluding carboxylic acids is 1. The predicted octanol–water partition coefficient (Wildman–Crippen LogP) is 2.36. The minimum Gasteiger partial charge on any atom is -0.378 e. The Morgan fingerprint density at radius 1 is 1.32 bits per heavy atom. The Morgan fingerprint density at radius 2 is 2.00 bits per heavy atom. The Balaban J connectivity index is 0.00000242. The fraction of sp³-hybridized carbons (Fsp3) is 0.533. The number of ether oxygens (including phenoxy) is 1. The van der Waals surface area contributed by atoms with Gasteiger partial charge in [-0.15, -0.1) is 12.4 Å². The number of nitrogens with zero attached hydrogens (tertiary/aromatic N) is 1. The summed E-state index contributed by atoms with van der Waals surface area (Å²) < 4.78 is 32.4. The lowest BCUT2D eigenvalue weighted by Gasteiger charge is -2.32. The molecule has 1 saturated heterocycles. The fourth-order valence-corrected chi connectivity index (χ4v) is 2.40. The summed E-state index contributed by atoms with van der Waals surface area (Å²) in [6.45, 7) is 2.19. The topological polar surface area (TPSA) is 55.6 Å². The van der Waals surface area contributed by atoms with Crippen LogP contribution in [0.4, 0.5) is 8.78 Å². The van der Waals surface area contributed by atoms with E-state index in [2.05, 4.69) is 0 Å². The maximum atomic E-state index is 13.6. The highest BCUT2D eigenvalue weighted by Gasteiger charge is 2.26. The Bertz CT molecular complexity index is 494. The molecule has 0 spiro atoms. The molecule has 4 nitrogen and oxygen atoms in total. The molecule has 1 aromatic rings. The molecule has 0 bridgehead atoms. The van der Waals surface area contributed by atoms with Crippen molar-refractivity contribution in [3.8, 4) is 0 Å².